The summed E-state index contributed by atoms with van der Waals surface area (Å²) in [5.74, 6) is 0.172. The number of carbonyl (C=O) groups is 1. The van der Waals surface area contributed by atoms with E-state index >= 15 is 0 Å². The van der Waals surface area contributed by atoms with Crippen LogP contribution in [-0.4, -0.2) is 22.8 Å². The van der Waals surface area contributed by atoms with Crippen molar-refractivity contribution in [3.05, 3.63) is 83.4 Å². The Balaban J connectivity index is 1.55. The molecule has 3 aromatic rings. The van der Waals surface area contributed by atoms with Crippen LogP contribution in [0.3, 0.4) is 0 Å². The fourth-order valence-corrected chi connectivity index (χ4v) is 5.28. The van der Waals surface area contributed by atoms with Crippen molar-refractivity contribution in [1.82, 2.24) is 5.32 Å². The van der Waals surface area contributed by atoms with Crippen molar-refractivity contribution in [1.29, 1.82) is 0 Å². The standard InChI is InChI=1S/C26H24N2O2S/c29-20-10-6-7-17(15-20)25-21-11-4-5-12-23(21)31-24-14-13-18(16-22(24)28-25)26(30)27-19-8-2-1-3-9-19/h4-7,10-16,19,29H,1-3,8-9H2,(H,27,30). The molecule has 1 amide bonds. The highest BCUT2D eigenvalue weighted by Crippen LogP contribution is 2.41. The molecule has 31 heavy (non-hydrogen) atoms. The van der Waals surface area contributed by atoms with Gasteiger partial charge in [0, 0.05) is 32.5 Å². The molecule has 2 aliphatic rings. The molecule has 1 saturated carbocycles. The van der Waals surface area contributed by atoms with Gasteiger partial charge in [0.25, 0.3) is 5.91 Å². The van der Waals surface area contributed by atoms with Gasteiger partial charge in [-0.15, -0.1) is 0 Å². The first-order valence-corrected chi connectivity index (χ1v) is 11.6. The third-order valence-electron chi connectivity index (χ3n) is 5.88. The number of benzene rings is 3. The summed E-state index contributed by atoms with van der Waals surface area (Å²) in [6.07, 6.45) is 5.74. The van der Waals surface area contributed by atoms with Crippen LogP contribution in [0.25, 0.3) is 0 Å². The molecule has 5 rings (SSSR count). The Morgan fingerprint density at radius 2 is 1.77 bits per heavy atom. The molecule has 1 aliphatic carbocycles. The van der Waals surface area contributed by atoms with Gasteiger partial charge in [0.05, 0.1) is 11.4 Å². The molecule has 4 nitrogen and oxygen atoms in total. The van der Waals surface area contributed by atoms with E-state index in [1.807, 2.05) is 48.5 Å². The van der Waals surface area contributed by atoms with Gasteiger partial charge < -0.3 is 10.4 Å². The minimum atomic E-state index is -0.0319. The predicted molar refractivity (Wildman–Crippen MR) is 125 cm³/mol. The van der Waals surface area contributed by atoms with Crippen LogP contribution in [0.5, 0.6) is 5.75 Å². The van der Waals surface area contributed by atoms with Crippen molar-refractivity contribution in [2.45, 2.75) is 47.9 Å². The zero-order chi connectivity index (χ0) is 21.2. The molecule has 3 aromatic carbocycles. The van der Waals surface area contributed by atoms with Crippen molar-refractivity contribution in [2.75, 3.05) is 0 Å². The molecule has 2 N–H and O–H groups in total. The normalized spacial score (nSPS) is 15.9. The van der Waals surface area contributed by atoms with Crippen LogP contribution in [-0.2, 0) is 0 Å². The van der Waals surface area contributed by atoms with Crippen molar-refractivity contribution >= 4 is 29.1 Å². The van der Waals surface area contributed by atoms with E-state index in [2.05, 4.69) is 11.4 Å². The SMILES string of the molecule is O=C(NC1CCCCC1)c1ccc2c(c1)N=C(c1cccc(O)c1)c1ccccc1S2. The van der Waals surface area contributed by atoms with Gasteiger partial charge in [0.2, 0.25) is 0 Å². The number of nitrogens with zero attached hydrogens (tertiary/aromatic N) is 1. The lowest BCUT2D eigenvalue weighted by atomic mass is 9.95. The first kappa shape index (κ1) is 19.9. The summed E-state index contributed by atoms with van der Waals surface area (Å²) in [4.78, 5) is 20.0. The van der Waals surface area contributed by atoms with Crippen LogP contribution in [0.4, 0.5) is 5.69 Å². The smallest absolute Gasteiger partial charge is 0.251 e. The van der Waals surface area contributed by atoms with E-state index in [4.69, 9.17) is 4.99 Å². The van der Waals surface area contributed by atoms with E-state index in [-0.39, 0.29) is 17.7 Å². The Labute approximate surface area is 186 Å². The number of amides is 1. The molecule has 0 saturated heterocycles. The number of hydrogen-bond acceptors (Lipinski definition) is 4. The van der Waals surface area contributed by atoms with Gasteiger partial charge in [0.1, 0.15) is 5.75 Å². The highest BCUT2D eigenvalue weighted by Gasteiger charge is 2.21. The Hall–Kier alpha value is -3.05. The van der Waals surface area contributed by atoms with Gasteiger partial charge in [-0.25, -0.2) is 4.99 Å². The third kappa shape index (κ3) is 4.23. The third-order valence-corrected chi connectivity index (χ3v) is 7.02. The van der Waals surface area contributed by atoms with Crippen LogP contribution in [0, 0.1) is 0 Å². The summed E-state index contributed by atoms with van der Waals surface area (Å²) in [6, 6.07) is 21.3. The Morgan fingerprint density at radius 3 is 2.61 bits per heavy atom. The first-order chi connectivity index (χ1) is 15.2. The van der Waals surface area contributed by atoms with Crippen LogP contribution in [0.2, 0.25) is 0 Å². The van der Waals surface area contributed by atoms with E-state index in [9.17, 15) is 9.90 Å². The number of carbonyl (C=O) groups excluding carboxylic acids is 1. The van der Waals surface area contributed by atoms with E-state index in [0.29, 0.717) is 5.56 Å². The molecule has 0 unspecified atom stereocenters. The molecular weight excluding hydrogens is 404 g/mol. The van der Waals surface area contributed by atoms with E-state index in [1.54, 1.807) is 23.9 Å². The lowest BCUT2D eigenvalue weighted by Gasteiger charge is -2.22. The number of aliphatic imine (C=N–C) groups is 1. The summed E-state index contributed by atoms with van der Waals surface area (Å²) in [5.41, 5.74) is 4.06. The molecule has 0 aromatic heterocycles. The molecule has 0 spiro atoms. The number of phenols is 1. The minimum Gasteiger partial charge on any atom is -0.508 e. The lowest BCUT2D eigenvalue weighted by molar-refractivity contribution is 0.0927. The molecule has 1 fully saturated rings. The maximum atomic E-state index is 12.9. The Morgan fingerprint density at radius 1 is 0.935 bits per heavy atom. The number of rotatable bonds is 3. The number of fused-ring (bicyclic) bond motifs is 2. The summed E-state index contributed by atoms with van der Waals surface area (Å²) >= 11 is 1.65. The zero-order valence-electron chi connectivity index (χ0n) is 17.2. The first-order valence-electron chi connectivity index (χ1n) is 10.8. The van der Waals surface area contributed by atoms with Crippen molar-refractivity contribution in [2.24, 2.45) is 4.99 Å². The monoisotopic (exact) mass is 428 g/mol. The lowest BCUT2D eigenvalue weighted by Crippen LogP contribution is -2.36. The minimum absolute atomic E-state index is 0.0319. The topological polar surface area (TPSA) is 61.7 Å². The second-order valence-electron chi connectivity index (χ2n) is 8.10. The van der Waals surface area contributed by atoms with Crippen LogP contribution < -0.4 is 5.32 Å². The van der Waals surface area contributed by atoms with Crippen molar-refractivity contribution < 1.29 is 9.90 Å². The van der Waals surface area contributed by atoms with Crippen molar-refractivity contribution in [3.63, 3.8) is 0 Å². The molecule has 0 radical (unpaired) electrons. The molecular formula is C26H24N2O2S. The zero-order valence-corrected chi connectivity index (χ0v) is 18.0. The summed E-state index contributed by atoms with van der Waals surface area (Å²) < 4.78 is 0. The van der Waals surface area contributed by atoms with Gasteiger partial charge >= 0.3 is 0 Å². The quantitative estimate of drug-likeness (QED) is 0.415. The second-order valence-corrected chi connectivity index (χ2v) is 9.18. The molecule has 0 bridgehead atoms. The summed E-state index contributed by atoms with van der Waals surface area (Å²) in [7, 11) is 0. The average molecular weight is 429 g/mol. The molecule has 1 aliphatic heterocycles. The number of phenolic OH excluding ortho intramolecular Hbond substituents is 1. The largest absolute Gasteiger partial charge is 0.508 e. The van der Waals surface area contributed by atoms with Crippen molar-refractivity contribution in [3.8, 4) is 5.75 Å². The van der Waals surface area contributed by atoms with E-state index in [0.717, 1.165) is 45.2 Å². The fourth-order valence-electron chi connectivity index (χ4n) is 4.27. The summed E-state index contributed by atoms with van der Waals surface area (Å²) in [6.45, 7) is 0. The molecule has 1 heterocycles. The van der Waals surface area contributed by atoms with E-state index in [1.165, 1.54) is 19.3 Å². The number of aromatic hydroxyl groups is 1. The van der Waals surface area contributed by atoms with Crippen LogP contribution in [0.15, 0.2) is 81.5 Å². The second kappa shape index (κ2) is 8.60. The molecule has 156 valence electrons. The van der Waals surface area contributed by atoms with Gasteiger partial charge in [-0.1, -0.05) is 61.4 Å². The van der Waals surface area contributed by atoms with Gasteiger partial charge in [0.15, 0.2) is 0 Å². The van der Waals surface area contributed by atoms with Gasteiger partial charge in [-0.3, -0.25) is 4.79 Å². The Bertz CT molecular complexity index is 1170. The van der Waals surface area contributed by atoms with Gasteiger partial charge in [-0.05, 0) is 49.2 Å². The molecule has 0 atom stereocenters. The van der Waals surface area contributed by atoms with Crippen LogP contribution >= 0.6 is 11.8 Å². The predicted octanol–water partition coefficient (Wildman–Crippen LogP) is 6.09. The average Bonchev–Trinajstić information content (AvgIpc) is 2.96. The number of hydrogen-bond donors (Lipinski definition) is 2. The Kier molecular flexibility index (Phi) is 5.51. The van der Waals surface area contributed by atoms with Crippen LogP contribution in [0.1, 0.15) is 53.6 Å². The number of nitrogens with one attached hydrogen (secondary N) is 1. The maximum absolute atomic E-state index is 12.9. The van der Waals surface area contributed by atoms with Gasteiger partial charge in [-0.2, -0.15) is 0 Å². The highest BCUT2D eigenvalue weighted by atomic mass is 32.2. The summed E-state index contributed by atoms with van der Waals surface area (Å²) in [5, 5.41) is 13.2. The maximum Gasteiger partial charge on any atom is 0.251 e. The highest BCUT2D eigenvalue weighted by molar-refractivity contribution is 7.99. The molecule has 5 heteroatoms. The fraction of sp³-hybridized carbons (Fsp3) is 0.231. The van der Waals surface area contributed by atoms with E-state index < -0.39 is 0 Å².